The summed E-state index contributed by atoms with van der Waals surface area (Å²) in [5.74, 6) is -2.11. The molecule has 1 aromatic rings. The first kappa shape index (κ1) is 9.64. The van der Waals surface area contributed by atoms with E-state index in [0.717, 1.165) is 6.07 Å². The molecule has 0 unspecified atom stereocenters. The maximum atomic E-state index is 13.3. The van der Waals surface area contributed by atoms with E-state index in [1.54, 1.807) is 13.8 Å². The van der Waals surface area contributed by atoms with Gasteiger partial charge in [-0.15, -0.1) is 0 Å². The summed E-state index contributed by atoms with van der Waals surface area (Å²) in [5, 5.41) is 8.60. The number of nitrogens with zero attached hydrogens (tertiary/aromatic N) is 1. The Morgan fingerprint density at radius 3 is 2.69 bits per heavy atom. The third-order valence-electron chi connectivity index (χ3n) is 1.69. The van der Waals surface area contributed by atoms with Crippen molar-refractivity contribution in [2.45, 2.75) is 19.8 Å². The van der Waals surface area contributed by atoms with Gasteiger partial charge < -0.3 is 5.11 Å². The summed E-state index contributed by atoms with van der Waals surface area (Å²) in [6.07, 6.45) is 1.31. The summed E-state index contributed by atoms with van der Waals surface area (Å²) in [4.78, 5) is 14.3. The third kappa shape index (κ3) is 1.83. The average molecular weight is 183 g/mol. The first-order chi connectivity index (χ1) is 6.04. The minimum Gasteiger partial charge on any atom is -0.478 e. The van der Waals surface area contributed by atoms with Crippen LogP contribution in [0.1, 0.15) is 35.8 Å². The predicted octanol–water partition coefficient (Wildman–Crippen LogP) is 2.04. The molecule has 0 aromatic carbocycles. The number of aromatic carboxylic acids is 1. The normalized spacial score (nSPS) is 10.5. The quantitative estimate of drug-likeness (QED) is 0.763. The fraction of sp³-hybridized carbons (Fsp3) is 0.333. The molecule has 0 saturated heterocycles. The summed E-state index contributed by atoms with van der Waals surface area (Å²) < 4.78 is 13.3. The second kappa shape index (κ2) is 3.51. The Morgan fingerprint density at radius 2 is 2.23 bits per heavy atom. The Morgan fingerprint density at radius 1 is 1.62 bits per heavy atom. The molecule has 3 nitrogen and oxygen atoms in total. The van der Waals surface area contributed by atoms with E-state index in [2.05, 4.69) is 4.98 Å². The van der Waals surface area contributed by atoms with Crippen LogP contribution in [0.4, 0.5) is 4.39 Å². The van der Waals surface area contributed by atoms with Gasteiger partial charge in [-0.2, -0.15) is 0 Å². The van der Waals surface area contributed by atoms with Gasteiger partial charge in [0.1, 0.15) is 0 Å². The number of pyridine rings is 1. The molecule has 0 radical (unpaired) electrons. The number of carboxylic acids is 1. The van der Waals surface area contributed by atoms with E-state index in [9.17, 15) is 9.18 Å². The number of carboxylic acid groups (broad SMARTS) is 1. The number of halogens is 1. The van der Waals surface area contributed by atoms with Crippen molar-refractivity contribution in [1.29, 1.82) is 0 Å². The molecule has 0 fully saturated rings. The lowest BCUT2D eigenvalue weighted by atomic mass is 10.1. The van der Waals surface area contributed by atoms with E-state index >= 15 is 0 Å². The van der Waals surface area contributed by atoms with Crippen molar-refractivity contribution in [3.8, 4) is 0 Å². The fourth-order valence-corrected chi connectivity index (χ4v) is 1.03. The number of carbonyl (C=O) groups is 1. The molecule has 0 amide bonds. The molecule has 0 atom stereocenters. The molecule has 0 spiro atoms. The molecule has 0 saturated carbocycles. The number of rotatable bonds is 2. The molecule has 1 rings (SSSR count). The Balaban J connectivity index is 3.26. The molecule has 1 heterocycles. The third-order valence-corrected chi connectivity index (χ3v) is 1.69. The van der Waals surface area contributed by atoms with Crippen LogP contribution in [-0.2, 0) is 0 Å². The highest BCUT2D eigenvalue weighted by atomic mass is 19.1. The molecule has 0 aliphatic heterocycles. The standard InChI is InChI=1S/C9H10FNO2/c1-5(2)8-7(10)6(9(12)13)3-4-11-8/h3-5H,1-2H3,(H,12,13). The van der Waals surface area contributed by atoms with Gasteiger partial charge >= 0.3 is 5.97 Å². The highest BCUT2D eigenvalue weighted by Gasteiger charge is 2.16. The maximum absolute atomic E-state index is 13.3. The van der Waals surface area contributed by atoms with Gasteiger partial charge in [0.2, 0.25) is 0 Å². The van der Waals surface area contributed by atoms with Crippen LogP contribution in [0.2, 0.25) is 0 Å². The van der Waals surface area contributed by atoms with Crippen LogP contribution in [0.5, 0.6) is 0 Å². The highest BCUT2D eigenvalue weighted by Crippen LogP contribution is 2.18. The van der Waals surface area contributed by atoms with Crippen LogP contribution >= 0.6 is 0 Å². The zero-order valence-corrected chi connectivity index (χ0v) is 7.41. The maximum Gasteiger partial charge on any atom is 0.338 e. The van der Waals surface area contributed by atoms with Gasteiger partial charge in [-0.1, -0.05) is 13.8 Å². The van der Waals surface area contributed by atoms with Gasteiger partial charge in [0.05, 0.1) is 11.3 Å². The molecule has 1 N–H and O–H groups in total. The molecule has 0 aliphatic carbocycles. The lowest BCUT2D eigenvalue weighted by Crippen LogP contribution is -2.06. The van der Waals surface area contributed by atoms with E-state index in [4.69, 9.17) is 5.11 Å². The van der Waals surface area contributed by atoms with Gasteiger partial charge in [-0.05, 0) is 12.0 Å². The van der Waals surface area contributed by atoms with Crippen LogP contribution in [0.25, 0.3) is 0 Å². The molecular formula is C9H10FNO2. The van der Waals surface area contributed by atoms with Crippen LogP contribution < -0.4 is 0 Å². The lowest BCUT2D eigenvalue weighted by Gasteiger charge is -2.06. The fourth-order valence-electron chi connectivity index (χ4n) is 1.03. The van der Waals surface area contributed by atoms with Crippen LogP contribution in [0.15, 0.2) is 12.3 Å². The van der Waals surface area contributed by atoms with Crippen molar-refractivity contribution in [2.75, 3.05) is 0 Å². The van der Waals surface area contributed by atoms with Crippen molar-refractivity contribution >= 4 is 5.97 Å². The van der Waals surface area contributed by atoms with Gasteiger partial charge in [0.15, 0.2) is 5.82 Å². The first-order valence-electron chi connectivity index (χ1n) is 3.91. The first-order valence-corrected chi connectivity index (χ1v) is 3.91. The van der Waals surface area contributed by atoms with Gasteiger partial charge in [0.25, 0.3) is 0 Å². The smallest absolute Gasteiger partial charge is 0.338 e. The Labute approximate surface area is 75.2 Å². The molecule has 1 aromatic heterocycles. The molecule has 0 aliphatic rings. The monoisotopic (exact) mass is 183 g/mol. The number of hydrogen-bond donors (Lipinski definition) is 1. The van der Waals surface area contributed by atoms with E-state index in [1.165, 1.54) is 6.20 Å². The summed E-state index contributed by atoms with van der Waals surface area (Å²) in [5.41, 5.74) is -0.126. The average Bonchev–Trinajstić information content (AvgIpc) is 2.03. The van der Waals surface area contributed by atoms with E-state index in [-0.39, 0.29) is 17.2 Å². The Bertz CT molecular complexity index is 336. The Kier molecular flexibility index (Phi) is 2.60. The highest BCUT2D eigenvalue weighted by molar-refractivity contribution is 5.87. The lowest BCUT2D eigenvalue weighted by molar-refractivity contribution is 0.0691. The SMILES string of the molecule is CC(C)c1nccc(C(=O)O)c1F. The molecule has 70 valence electrons. The summed E-state index contributed by atoms with van der Waals surface area (Å²) >= 11 is 0. The second-order valence-corrected chi connectivity index (χ2v) is 3.02. The second-order valence-electron chi connectivity index (χ2n) is 3.02. The van der Waals surface area contributed by atoms with Gasteiger partial charge in [0, 0.05) is 6.20 Å². The van der Waals surface area contributed by atoms with Gasteiger partial charge in [-0.25, -0.2) is 9.18 Å². The van der Waals surface area contributed by atoms with Crippen molar-refractivity contribution < 1.29 is 14.3 Å². The largest absolute Gasteiger partial charge is 0.478 e. The summed E-state index contributed by atoms with van der Waals surface area (Å²) in [7, 11) is 0. The predicted molar refractivity (Wildman–Crippen MR) is 45.2 cm³/mol. The summed E-state index contributed by atoms with van der Waals surface area (Å²) in [6.45, 7) is 3.52. The number of aromatic nitrogens is 1. The van der Waals surface area contributed by atoms with Gasteiger partial charge in [-0.3, -0.25) is 4.98 Å². The van der Waals surface area contributed by atoms with E-state index in [1.807, 2.05) is 0 Å². The Hall–Kier alpha value is -1.45. The zero-order chi connectivity index (χ0) is 10.0. The minimum atomic E-state index is -1.26. The van der Waals surface area contributed by atoms with Crippen molar-refractivity contribution in [1.82, 2.24) is 4.98 Å². The molecular weight excluding hydrogens is 173 g/mol. The molecule has 4 heteroatoms. The van der Waals surface area contributed by atoms with E-state index < -0.39 is 11.8 Å². The van der Waals surface area contributed by atoms with Crippen LogP contribution in [0, 0.1) is 5.82 Å². The van der Waals surface area contributed by atoms with Crippen molar-refractivity contribution in [2.24, 2.45) is 0 Å². The molecule has 13 heavy (non-hydrogen) atoms. The van der Waals surface area contributed by atoms with Crippen LogP contribution in [0.3, 0.4) is 0 Å². The summed E-state index contributed by atoms with van der Waals surface area (Å²) in [6, 6.07) is 1.16. The van der Waals surface area contributed by atoms with Crippen molar-refractivity contribution in [3.63, 3.8) is 0 Å². The topological polar surface area (TPSA) is 50.2 Å². The van der Waals surface area contributed by atoms with Crippen molar-refractivity contribution in [3.05, 3.63) is 29.3 Å². The molecule has 0 bridgehead atoms. The minimum absolute atomic E-state index is 0.112. The zero-order valence-electron chi connectivity index (χ0n) is 7.41. The number of hydrogen-bond acceptors (Lipinski definition) is 2. The van der Waals surface area contributed by atoms with E-state index in [0.29, 0.717) is 0 Å². The van der Waals surface area contributed by atoms with Crippen LogP contribution in [-0.4, -0.2) is 16.1 Å².